The number of carbonyl (C=O) groups is 2. The lowest BCUT2D eigenvalue weighted by atomic mass is 9.95. The SMILES string of the molecule is C[C@@H](CO)NCC1CCN([C@@H]2CN[C@@H](CONC(=O)[C@@H]3CC[C@@H]4CN3C(=O)N4OS(=O)(=O)O)C2)CC1. The molecule has 0 unspecified atom stereocenters. The molecule has 15 heteroatoms. The molecular formula is C21H38N6O8S. The lowest BCUT2D eigenvalue weighted by molar-refractivity contribution is -0.139. The molecule has 206 valence electrons. The van der Waals surface area contributed by atoms with Gasteiger partial charge >= 0.3 is 16.4 Å². The summed E-state index contributed by atoms with van der Waals surface area (Å²) >= 11 is 0. The van der Waals surface area contributed by atoms with Gasteiger partial charge in [0.25, 0.3) is 5.91 Å². The maximum atomic E-state index is 12.6. The number of aliphatic hydroxyl groups is 1. The average molecular weight is 535 g/mol. The quantitative estimate of drug-likeness (QED) is 0.153. The van der Waals surface area contributed by atoms with Crippen molar-refractivity contribution in [3.05, 3.63) is 0 Å². The van der Waals surface area contributed by atoms with E-state index in [2.05, 4.69) is 25.3 Å². The van der Waals surface area contributed by atoms with Gasteiger partial charge in [-0.3, -0.25) is 19.1 Å². The molecule has 4 fully saturated rings. The normalized spacial score (nSPS) is 30.7. The Morgan fingerprint density at radius 1 is 1.22 bits per heavy atom. The van der Waals surface area contributed by atoms with Crippen molar-refractivity contribution in [2.24, 2.45) is 5.92 Å². The highest BCUT2D eigenvalue weighted by molar-refractivity contribution is 7.80. The number of amides is 3. The van der Waals surface area contributed by atoms with Crippen molar-refractivity contribution in [3.8, 4) is 0 Å². The smallest absolute Gasteiger partial charge is 0.395 e. The zero-order valence-corrected chi connectivity index (χ0v) is 21.4. The number of aliphatic hydroxyl groups excluding tert-OH is 1. The monoisotopic (exact) mass is 534 g/mol. The minimum Gasteiger partial charge on any atom is -0.395 e. The second kappa shape index (κ2) is 11.9. The van der Waals surface area contributed by atoms with Crippen molar-refractivity contribution in [2.75, 3.05) is 45.9 Å². The van der Waals surface area contributed by atoms with Crippen LogP contribution in [0.4, 0.5) is 4.79 Å². The molecule has 0 aromatic rings. The van der Waals surface area contributed by atoms with E-state index in [4.69, 9.17) is 14.5 Å². The molecule has 0 spiro atoms. The van der Waals surface area contributed by atoms with E-state index >= 15 is 0 Å². The van der Waals surface area contributed by atoms with Crippen LogP contribution in [0.3, 0.4) is 0 Å². The summed E-state index contributed by atoms with van der Waals surface area (Å²) in [5.74, 6) is 0.152. The first-order valence-corrected chi connectivity index (χ1v) is 14.0. The van der Waals surface area contributed by atoms with Crippen LogP contribution in [0.5, 0.6) is 0 Å². The number of hydroxylamine groups is 3. The summed E-state index contributed by atoms with van der Waals surface area (Å²) in [7, 11) is -4.83. The van der Waals surface area contributed by atoms with Gasteiger partial charge in [-0.05, 0) is 64.6 Å². The molecule has 0 saturated carbocycles. The van der Waals surface area contributed by atoms with Crippen LogP contribution in [0.1, 0.15) is 39.0 Å². The molecular weight excluding hydrogens is 496 g/mol. The Labute approximate surface area is 211 Å². The molecule has 4 aliphatic rings. The zero-order chi connectivity index (χ0) is 25.9. The van der Waals surface area contributed by atoms with Gasteiger partial charge in [-0.25, -0.2) is 10.3 Å². The summed E-state index contributed by atoms with van der Waals surface area (Å²) in [5.41, 5.74) is 2.44. The summed E-state index contributed by atoms with van der Waals surface area (Å²) in [5, 5.41) is 16.6. The Hall–Kier alpha value is -1.59. The third kappa shape index (κ3) is 6.83. The van der Waals surface area contributed by atoms with E-state index in [0.717, 1.165) is 45.4 Å². The van der Waals surface area contributed by atoms with Crippen LogP contribution in [0.2, 0.25) is 0 Å². The first-order valence-electron chi connectivity index (χ1n) is 12.6. The minimum absolute atomic E-state index is 0.0999. The van der Waals surface area contributed by atoms with Gasteiger partial charge in [0.1, 0.15) is 6.04 Å². The third-order valence-electron chi connectivity index (χ3n) is 7.65. The molecule has 14 nitrogen and oxygen atoms in total. The molecule has 2 bridgehead atoms. The second-order valence-electron chi connectivity index (χ2n) is 10.3. The Balaban J connectivity index is 1.15. The molecule has 0 aromatic carbocycles. The Morgan fingerprint density at radius 2 is 1.97 bits per heavy atom. The highest BCUT2D eigenvalue weighted by Crippen LogP contribution is 2.30. The summed E-state index contributed by atoms with van der Waals surface area (Å²) in [6.07, 6.45) is 3.85. The van der Waals surface area contributed by atoms with Crippen molar-refractivity contribution in [1.29, 1.82) is 0 Å². The van der Waals surface area contributed by atoms with E-state index in [-0.39, 0.29) is 25.2 Å². The van der Waals surface area contributed by atoms with Crippen LogP contribution >= 0.6 is 0 Å². The number of carbonyl (C=O) groups excluding carboxylic acids is 2. The third-order valence-corrected chi connectivity index (χ3v) is 8.00. The van der Waals surface area contributed by atoms with E-state index in [1.165, 1.54) is 4.90 Å². The largest absolute Gasteiger partial charge is 0.418 e. The molecule has 4 heterocycles. The fraction of sp³-hybridized carbons (Fsp3) is 0.905. The van der Waals surface area contributed by atoms with Crippen LogP contribution in [-0.4, -0.2) is 121 Å². The van der Waals surface area contributed by atoms with Crippen LogP contribution in [0, 0.1) is 5.92 Å². The Kier molecular flexibility index (Phi) is 9.04. The van der Waals surface area contributed by atoms with Gasteiger partial charge < -0.3 is 20.6 Å². The number of fused-ring (bicyclic) bond motifs is 2. The summed E-state index contributed by atoms with van der Waals surface area (Å²) in [4.78, 5) is 34.3. The van der Waals surface area contributed by atoms with E-state index in [1.807, 2.05) is 6.92 Å². The fourth-order valence-corrected chi connectivity index (χ4v) is 5.93. The molecule has 0 aliphatic carbocycles. The van der Waals surface area contributed by atoms with Crippen LogP contribution in [-0.2, 0) is 24.3 Å². The van der Waals surface area contributed by atoms with Gasteiger partial charge in [0, 0.05) is 31.2 Å². The predicted octanol–water partition coefficient (Wildman–Crippen LogP) is -1.55. The van der Waals surface area contributed by atoms with Crippen LogP contribution in [0.25, 0.3) is 0 Å². The van der Waals surface area contributed by atoms with E-state index in [9.17, 15) is 18.0 Å². The Bertz CT molecular complexity index is 886. The summed E-state index contributed by atoms with van der Waals surface area (Å²) in [6.45, 7) is 6.44. The molecule has 5 atom stereocenters. The van der Waals surface area contributed by atoms with Crippen LogP contribution in [0.15, 0.2) is 0 Å². The number of hydrogen-bond acceptors (Lipinski definition) is 10. The zero-order valence-electron chi connectivity index (χ0n) is 20.5. The number of nitrogens with zero attached hydrogens (tertiary/aromatic N) is 3. The fourth-order valence-electron chi connectivity index (χ4n) is 5.54. The predicted molar refractivity (Wildman–Crippen MR) is 127 cm³/mol. The van der Waals surface area contributed by atoms with Crippen molar-refractivity contribution in [3.63, 3.8) is 0 Å². The molecule has 4 aliphatic heterocycles. The lowest BCUT2D eigenvalue weighted by Crippen LogP contribution is -2.50. The van der Waals surface area contributed by atoms with Gasteiger partial charge in [-0.15, -0.1) is 4.28 Å². The van der Waals surface area contributed by atoms with E-state index in [0.29, 0.717) is 36.5 Å². The number of urea groups is 1. The van der Waals surface area contributed by atoms with Gasteiger partial charge in [0.05, 0.1) is 19.3 Å². The van der Waals surface area contributed by atoms with Crippen LogP contribution < -0.4 is 16.1 Å². The lowest BCUT2D eigenvalue weighted by Gasteiger charge is -2.36. The van der Waals surface area contributed by atoms with Gasteiger partial charge in [-0.2, -0.15) is 13.5 Å². The number of likely N-dealkylation sites (tertiary alicyclic amines) is 1. The first kappa shape index (κ1) is 27.4. The van der Waals surface area contributed by atoms with Crippen molar-refractivity contribution >= 4 is 22.3 Å². The topological polar surface area (TPSA) is 173 Å². The number of nitrogens with one attached hydrogen (secondary N) is 3. The molecule has 5 N–H and O–H groups in total. The number of piperidine rings is 2. The standard InChI is InChI=1S/C21H38N6O8S/c1-14(12-28)22-9-15-4-6-25(7-5-15)18-8-16(23-10-18)13-34-24-20(29)19-3-2-17-11-26(19)21(30)27(17)35-36(31,32)33/h14-19,22-23,28H,2-13H2,1H3,(H,24,29)(H,31,32,33)/t14-,16+,17+,18-,19-/m0/s1. The van der Waals surface area contributed by atoms with Gasteiger partial charge in [0.2, 0.25) is 0 Å². The Morgan fingerprint density at radius 3 is 2.67 bits per heavy atom. The van der Waals surface area contributed by atoms with Gasteiger partial charge in [0.15, 0.2) is 0 Å². The molecule has 4 saturated heterocycles. The number of hydrogen-bond donors (Lipinski definition) is 5. The van der Waals surface area contributed by atoms with Crippen molar-refractivity contribution in [1.82, 2.24) is 31.0 Å². The highest BCUT2D eigenvalue weighted by Gasteiger charge is 2.49. The molecule has 0 aromatic heterocycles. The maximum Gasteiger partial charge on any atom is 0.418 e. The van der Waals surface area contributed by atoms with E-state index < -0.39 is 34.4 Å². The maximum absolute atomic E-state index is 12.6. The van der Waals surface area contributed by atoms with Crippen molar-refractivity contribution in [2.45, 2.75) is 69.2 Å². The van der Waals surface area contributed by atoms with Crippen molar-refractivity contribution < 1.29 is 36.8 Å². The molecule has 4 rings (SSSR count). The summed E-state index contributed by atoms with van der Waals surface area (Å²) < 4.78 is 35.3. The average Bonchev–Trinajstić information content (AvgIpc) is 3.41. The first-order chi connectivity index (χ1) is 17.1. The minimum atomic E-state index is -4.83. The molecule has 36 heavy (non-hydrogen) atoms. The summed E-state index contributed by atoms with van der Waals surface area (Å²) in [6, 6.07) is -1.48. The van der Waals surface area contributed by atoms with E-state index in [1.54, 1.807) is 0 Å². The molecule has 0 radical (unpaired) electrons. The number of rotatable bonds is 11. The van der Waals surface area contributed by atoms with Gasteiger partial charge in [-0.1, -0.05) is 0 Å². The second-order valence-corrected chi connectivity index (χ2v) is 11.3. The highest BCUT2D eigenvalue weighted by atomic mass is 32.3. The molecule has 3 amide bonds.